The third kappa shape index (κ3) is 2.16. The van der Waals surface area contributed by atoms with Crippen LogP contribution in [0.25, 0.3) is 0 Å². The van der Waals surface area contributed by atoms with Crippen LogP contribution in [0, 0.1) is 17.8 Å². The third-order valence-electron chi connectivity index (χ3n) is 3.10. The molecule has 1 aromatic rings. The van der Waals surface area contributed by atoms with Gasteiger partial charge in [-0.15, -0.1) is 0 Å². The Morgan fingerprint density at radius 3 is 2.44 bits per heavy atom. The van der Waals surface area contributed by atoms with Crippen LogP contribution >= 0.6 is 0 Å². The first kappa shape index (κ1) is 12.4. The van der Waals surface area contributed by atoms with Crippen molar-refractivity contribution in [2.75, 3.05) is 7.11 Å². The molecule has 0 saturated carbocycles. The molecule has 0 amide bonds. The van der Waals surface area contributed by atoms with Gasteiger partial charge < -0.3 is 4.74 Å². The molecule has 0 aliphatic heterocycles. The Kier molecular flexibility index (Phi) is 3.82. The summed E-state index contributed by atoms with van der Waals surface area (Å²) in [5, 5.41) is 0. The lowest BCUT2D eigenvalue weighted by Crippen LogP contribution is -2.33. The number of allylic oxidation sites excluding steroid dienone is 3. The van der Waals surface area contributed by atoms with Gasteiger partial charge in [0, 0.05) is 13.0 Å². The number of hydrogen-bond acceptors (Lipinski definition) is 1. The summed E-state index contributed by atoms with van der Waals surface area (Å²) in [4.78, 5) is 0. The summed E-state index contributed by atoms with van der Waals surface area (Å²) >= 11 is 0. The first-order valence-corrected chi connectivity index (χ1v) is 5.93. The minimum Gasteiger partial charge on any atom is -0.360 e. The standard InChI is InChI=1S/C17H16O/c1-3-4-14-17(18-2,16-12-8-9-13-16)15-10-6-5-7-11-15/h3,5-13,16H,1H2,2H3. The van der Waals surface area contributed by atoms with E-state index in [1.54, 1.807) is 13.2 Å². The molecule has 0 spiro atoms. The molecule has 1 heteroatoms. The van der Waals surface area contributed by atoms with E-state index in [4.69, 9.17) is 4.74 Å². The summed E-state index contributed by atoms with van der Waals surface area (Å²) in [5.74, 6) is 6.26. The average molecular weight is 236 g/mol. The number of ether oxygens (including phenoxy) is 1. The minimum atomic E-state index is -0.640. The molecule has 1 aliphatic carbocycles. The number of benzene rings is 1. The maximum Gasteiger partial charge on any atom is 0.163 e. The van der Waals surface area contributed by atoms with Crippen LogP contribution in [0.4, 0.5) is 0 Å². The fourth-order valence-corrected chi connectivity index (χ4v) is 2.20. The molecule has 0 N–H and O–H groups in total. The van der Waals surface area contributed by atoms with E-state index in [0.717, 1.165) is 5.56 Å². The van der Waals surface area contributed by atoms with Crippen LogP contribution in [0.15, 0.2) is 67.3 Å². The molecule has 1 aliphatic rings. The maximum absolute atomic E-state index is 5.79. The van der Waals surface area contributed by atoms with Gasteiger partial charge in [-0.3, -0.25) is 0 Å². The van der Waals surface area contributed by atoms with Gasteiger partial charge >= 0.3 is 0 Å². The lowest BCUT2D eigenvalue weighted by molar-refractivity contribution is 0.0170. The summed E-state index contributed by atoms with van der Waals surface area (Å²) in [6.45, 7) is 3.65. The largest absolute Gasteiger partial charge is 0.360 e. The zero-order valence-corrected chi connectivity index (χ0v) is 10.5. The average Bonchev–Trinajstić information content (AvgIpc) is 2.96. The van der Waals surface area contributed by atoms with E-state index >= 15 is 0 Å². The predicted octanol–water partition coefficient (Wildman–Crippen LogP) is 3.46. The van der Waals surface area contributed by atoms with Gasteiger partial charge in [-0.2, -0.15) is 0 Å². The highest BCUT2D eigenvalue weighted by molar-refractivity contribution is 5.40. The van der Waals surface area contributed by atoms with Crippen LogP contribution in [0.1, 0.15) is 5.56 Å². The number of rotatable bonds is 3. The van der Waals surface area contributed by atoms with Crippen molar-refractivity contribution in [3.05, 3.63) is 72.9 Å². The smallest absolute Gasteiger partial charge is 0.163 e. The monoisotopic (exact) mass is 236 g/mol. The van der Waals surface area contributed by atoms with Gasteiger partial charge in [0.2, 0.25) is 0 Å². The molecule has 0 fully saturated rings. The molecule has 0 bridgehead atoms. The second-order valence-corrected chi connectivity index (χ2v) is 4.07. The molecule has 1 atom stereocenters. The van der Waals surface area contributed by atoms with Gasteiger partial charge in [0.1, 0.15) is 0 Å². The fraction of sp³-hybridized carbons (Fsp3) is 0.176. The Morgan fingerprint density at radius 1 is 1.22 bits per heavy atom. The third-order valence-corrected chi connectivity index (χ3v) is 3.10. The topological polar surface area (TPSA) is 9.23 Å². The van der Waals surface area contributed by atoms with Crippen LogP contribution in [-0.2, 0) is 10.3 Å². The highest BCUT2D eigenvalue weighted by Crippen LogP contribution is 2.36. The van der Waals surface area contributed by atoms with Gasteiger partial charge in [-0.05, 0) is 11.6 Å². The molecule has 0 saturated heterocycles. The normalized spacial score (nSPS) is 16.9. The molecule has 0 aromatic heterocycles. The van der Waals surface area contributed by atoms with E-state index in [2.05, 4.69) is 30.6 Å². The Hall–Kier alpha value is -2.04. The van der Waals surface area contributed by atoms with Crippen molar-refractivity contribution < 1.29 is 4.74 Å². The van der Waals surface area contributed by atoms with Gasteiger partial charge in [-0.25, -0.2) is 0 Å². The van der Waals surface area contributed by atoms with Crippen molar-refractivity contribution in [2.45, 2.75) is 5.60 Å². The first-order valence-electron chi connectivity index (χ1n) is 5.93. The molecule has 90 valence electrons. The number of hydrogen-bond donors (Lipinski definition) is 0. The van der Waals surface area contributed by atoms with E-state index in [1.807, 2.05) is 42.5 Å². The molecule has 1 aromatic carbocycles. The maximum atomic E-state index is 5.79. The van der Waals surface area contributed by atoms with Gasteiger partial charge in [-0.1, -0.05) is 73.1 Å². The van der Waals surface area contributed by atoms with Crippen molar-refractivity contribution in [3.63, 3.8) is 0 Å². The zero-order chi connectivity index (χ0) is 12.8. The Morgan fingerprint density at radius 2 is 1.89 bits per heavy atom. The van der Waals surface area contributed by atoms with E-state index in [0.29, 0.717) is 0 Å². The van der Waals surface area contributed by atoms with Crippen molar-refractivity contribution in [3.8, 4) is 11.8 Å². The highest BCUT2D eigenvalue weighted by Gasteiger charge is 2.37. The lowest BCUT2D eigenvalue weighted by Gasteiger charge is -2.31. The Labute approximate surface area is 108 Å². The summed E-state index contributed by atoms with van der Waals surface area (Å²) < 4.78 is 5.79. The molecule has 2 rings (SSSR count). The van der Waals surface area contributed by atoms with Gasteiger partial charge in [0.25, 0.3) is 0 Å². The highest BCUT2D eigenvalue weighted by atomic mass is 16.5. The first-order chi connectivity index (χ1) is 8.83. The van der Waals surface area contributed by atoms with E-state index in [9.17, 15) is 0 Å². The second kappa shape index (κ2) is 5.53. The summed E-state index contributed by atoms with van der Waals surface area (Å²) in [6.07, 6.45) is 9.86. The minimum absolute atomic E-state index is 0.123. The van der Waals surface area contributed by atoms with Crippen molar-refractivity contribution in [2.24, 2.45) is 5.92 Å². The van der Waals surface area contributed by atoms with Crippen molar-refractivity contribution in [1.82, 2.24) is 0 Å². The van der Waals surface area contributed by atoms with E-state index in [1.165, 1.54) is 0 Å². The van der Waals surface area contributed by atoms with Crippen LogP contribution in [0.2, 0.25) is 0 Å². The predicted molar refractivity (Wildman–Crippen MR) is 74.9 cm³/mol. The zero-order valence-electron chi connectivity index (χ0n) is 10.5. The fourth-order valence-electron chi connectivity index (χ4n) is 2.20. The molecule has 0 heterocycles. The molecule has 1 nitrogen and oxygen atoms in total. The van der Waals surface area contributed by atoms with E-state index in [-0.39, 0.29) is 5.92 Å². The molecule has 0 radical (unpaired) electrons. The summed E-state index contributed by atoms with van der Waals surface area (Å²) in [7, 11) is 1.70. The van der Waals surface area contributed by atoms with E-state index < -0.39 is 5.60 Å². The SMILES string of the molecule is C=CC#CC(OC)(c1ccccc1)C1C=CC=C1. The molecular formula is C17H16O. The molecule has 1 unspecified atom stereocenters. The Bertz CT molecular complexity index is 516. The quantitative estimate of drug-likeness (QED) is 0.730. The van der Waals surface area contributed by atoms with Crippen LogP contribution in [-0.4, -0.2) is 7.11 Å². The van der Waals surface area contributed by atoms with Crippen LogP contribution < -0.4 is 0 Å². The van der Waals surface area contributed by atoms with Crippen molar-refractivity contribution >= 4 is 0 Å². The van der Waals surface area contributed by atoms with Crippen LogP contribution in [0.3, 0.4) is 0 Å². The lowest BCUT2D eigenvalue weighted by atomic mass is 9.82. The molecular weight excluding hydrogens is 220 g/mol. The van der Waals surface area contributed by atoms with Crippen LogP contribution in [0.5, 0.6) is 0 Å². The second-order valence-electron chi connectivity index (χ2n) is 4.07. The Balaban J connectivity index is 2.54. The summed E-state index contributed by atoms with van der Waals surface area (Å²) in [5.41, 5.74) is 0.418. The molecule has 18 heavy (non-hydrogen) atoms. The summed E-state index contributed by atoms with van der Waals surface area (Å²) in [6, 6.07) is 10.1. The van der Waals surface area contributed by atoms with Gasteiger partial charge in [0.05, 0.1) is 0 Å². The van der Waals surface area contributed by atoms with Gasteiger partial charge in [0.15, 0.2) is 5.60 Å². The van der Waals surface area contributed by atoms with Crippen molar-refractivity contribution in [1.29, 1.82) is 0 Å². The number of methoxy groups -OCH3 is 1.